The molecule has 0 radical (unpaired) electrons. The molecule has 4 heteroatoms. The monoisotopic (exact) mass is 410 g/mol. The molecule has 0 atom stereocenters. The van der Waals surface area contributed by atoms with E-state index in [0.29, 0.717) is 30.8 Å². The molecule has 0 unspecified atom stereocenters. The lowest BCUT2D eigenvalue weighted by Crippen LogP contribution is -2.40. The molecule has 5 rings (SSSR count). The van der Waals surface area contributed by atoms with E-state index in [1.165, 1.54) is 28.5 Å². The van der Waals surface area contributed by atoms with E-state index in [1.54, 1.807) is 4.57 Å². The maximum Gasteiger partial charge on any atom is 0.331 e. The number of aryl methyl sites for hydroxylation is 2. The fourth-order valence-corrected chi connectivity index (χ4v) is 4.22. The van der Waals surface area contributed by atoms with Crippen molar-refractivity contribution in [2.75, 3.05) is 0 Å². The highest BCUT2D eigenvalue weighted by Crippen LogP contribution is 2.40. The minimum atomic E-state index is -0.234. The highest BCUT2D eigenvalue weighted by molar-refractivity contribution is 5.79. The van der Waals surface area contributed by atoms with E-state index in [1.807, 2.05) is 36.4 Å². The molecule has 156 valence electrons. The fraction of sp³-hybridized carbons (Fsp3) is 0.259. The smallest absolute Gasteiger partial charge is 0.289 e. The zero-order chi connectivity index (χ0) is 21.4. The Morgan fingerprint density at radius 2 is 1.58 bits per heavy atom. The van der Waals surface area contributed by atoms with Gasteiger partial charge in [0.2, 0.25) is 0 Å². The van der Waals surface area contributed by atoms with E-state index in [0.717, 1.165) is 16.6 Å². The van der Waals surface area contributed by atoms with Gasteiger partial charge in [0.05, 0.1) is 17.4 Å². The molecule has 0 saturated heterocycles. The quantitative estimate of drug-likeness (QED) is 0.465. The third-order valence-corrected chi connectivity index (χ3v) is 6.23. The molecule has 3 aromatic carbocycles. The van der Waals surface area contributed by atoms with Crippen LogP contribution in [0.25, 0.3) is 10.9 Å². The molecule has 0 bridgehead atoms. The summed E-state index contributed by atoms with van der Waals surface area (Å²) in [7, 11) is 0. The molecule has 1 aliphatic carbocycles. The summed E-state index contributed by atoms with van der Waals surface area (Å²) >= 11 is 0. The summed E-state index contributed by atoms with van der Waals surface area (Å²) in [6.45, 7) is 2.88. The number of rotatable bonds is 6. The molecule has 1 aliphatic rings. The van der Waals surface area contributed by atoms with Gasteiger partial charge in [0.15, 0.2) is 0 Å². The average molecular weight is 411 g/mol. The van der Waals surface area contributed by atoms with Crippen molar-refractivity contribution in [3.63, 3.8) is 0 Å². The van der Waals surface area contributed by atoms with Gasteiger partial charge in [0, 0.05) is 6.54 Å². The van der Waals surface area contributed by atoms with Crippen LogP contribution in [-0.4, -0.2) is 9.13 Å². The molecule has 1 saturated carbocycles. The number of nitrogens with zero attached hydrogens (tertiary/aromatic N) is 2. The molecule has 0 amide bonds. The van der Waals surface area contributed by atoms with Crippen LogP contribution in [0.4, 0.5) is 0 Å². The first-order valence-corrected chi connectivity index (χ1v) is 11.0. The largest absolute Gasteiger partial charge is 0.331 e. The molecule has 0 spiro atoms. The van der Waals surface area contributed by atoms with Crippen LogP contribution in [0.1, 0.15) is 41.0 Å². The van der Waals surface area contributed by atoms with Crippen LogP contribution in [0.2, 0.25) is 0 Å². The first-order valence-electron chi connectivity index (χ1n) is 11.0. The summed E-state index contributed by atoms with van der Waals surface area (Å²) in [5.41, 5.74) is 4.90. The second-order valence-corrected chi connectivity index (χ2v) is 8.60. The van der Waals surface area contributed by atoms with Crippen LogP contribution in [0.3, 0.4) is 0 Å². The van der Waals surface area contributed by atoms with E-state index in [-0.39, 0.29) is 11.2 Å². The van der Waals surface area contributed by atoms with Crippen molar-refractivity contribution in [1.29, 1.82) is 0 Å². The highest BCUT2D eigenvalue weighted by Gasteiger charge is 2.24. The van der Waals surface area contributed by atoms with Gasteiger partial charge in [-0.05, 0) is 60.9 Å². The number of fused-ring (bicyclic) bond motifs is 1. The van der Waals surface area contributed by atoms with Gasteiger partial charge in [0.1, 0.15) is 0 Å². The van der Waals surface area contributed by atoms with Crippen molar-refractivity contribution in [3.05, 3.63) is 116 Å². The first kappa shape index (κ1) is 19.6. The van der Waals surface area contributed by atoms with Gasteiger partial charge in [-0.2, -0.15) is 0 Å². The van der Waals surface area contributed by atoms with Gasteiger partial charge in [-0.25, -0.2) is 4.79 Å². The van der Waals surface area contributed by atoms with Crippen LogP contribution < -0.4 is 11.2 Å². The summed E-state index contributed by atoms with van der Waals surface area (Å²) in [5.74, 6) is 0.563. The van der Waals surface area contributed by atoms with Crippen molar-refractivity contribution in [2.45, 2.75) is 45.2 Å². The summed E-state index contributed by atoms with van der Waals surface area (Å²) in [5, 5.41) is 0.615. The highest BCUT2D eigenvalue weighted by atomic mass is 16.2. The van der Waals surface area contributed by atoms with Crippen molar-refractivity contribution in [2.24, 2.45) is 0 Å². The molecule has 0 aliphatic heterocycles. The van der Waals surface area contributed by atoms with Crippen molar-refractivity contribution >= 4 is 10.9 Å². The average Bonchev–Trinajstić information content (AvgIpc) is 3.64. The zero-order valence-corrected chi connectivity index (χ0v) is 17.8. The normalized spacial score (nSPS) is 13.6. The first-order chi connectivity index (χ1) is 15.1. The van der Waals surface area contributed by atoms with Gasteiger partial charge in [-0.3, -0.25) is 13.9 Å². The minimum absolute atomic E-state index is 0.196. The van der Waals surface area contributed by atoms with Gasteiger partial charge in [-0.15, -0.1) is 0 Å². The van der Waals surface area contributed by atoms with Crippen LogP contribution in [0.15, 0.2) is 82.4 Å². The molecule has 1 fully saturated rings. The minimum Gasteiger partial charge on any atom is -0.289 e. The van der Waals surface area contributed by atoms with E-state index in [4.69, 9.17) is 0 Å². The van der Waals surface area contributed by atoms with E-state index in [2.05, 4.69) is 43.3 Å². The molecule has 0 N–H and O–H groups in total. The lowest BCUT2D eigenvalue weighted by molar-refractivity contribution is 0.589. The Labute approximate surface area is 181 Å². The maximum atomic E-state index is 13.5. The Morgan fingerprint density at radius 3 is 2.29 bits per heavy atom. The van der Waals surface area contributed by atoms with Crippen molar-refractivity contribution in [3.8, 4) is 0 Å². The Morgan fingerprint density at radius 1 is 0.839 bits per heavy atom. The predicted octanol–water partition coefficient (Wildman–Crippen LogP) is 4.64. The van der Waals surface area contributed by atoms with Crippen LogP contribution >= 0.6 is 0 Å². The van der Waals surface area contributed by atoms with Gasteiger partial charge >= 0.3 is 5.69 Å². The molecule has 4 nitrogen and oxygen atoms in total. The van der Waals surface area contributed by atoms with E-state index >= 15 is 0 Å². The van der Waals surface area contributed by atoms with Crippen LogP contribution in [-0.2, 0) is 19.5 Å². The number of aromatic nitrogens is 2. The molecular formula is C27H26N2O2. The summed E-state index contributed by atoms with van der Waals surface area (Å²) in [6, 6.07) is 24.2. The summed E-state index contributed by atoms with van der Waals surface area (Å²) in [6.07, 6.45) is 3.01. The van der Waals surface area contributed by atoms with Crippen molar-refractivity contribution < 1.29 is 0 Å². The Hall–Kier alpha value is -3.40. The van der Waals surface area contributed by atoms with Gasteiger partial charge in [0.25, 0.3) is 5.56 Å². The maximum absolute atomic E-state index is 13.5. The third kappa shape index (κ3) is 3.98. The molecule has 1 heterocycles. The summed E-state index contributed by atoms with van der Waals surface area (Å²) in [4.78, 5) is 26.8. The van der Waals surface area contributed by atoms with E-state index in [9.17, 15) is 9.59 Å². The number of hydrogen-bond acceptors (Lipinski definition) is 2. The fourth-order valence-electron chi connectivity index (χ4n) is 4.22. The second-order valence-electron chi connectivity index (χ2n) is 8.60. The zero-order valence-electron chi connectivity index (χ0n) is 17.8. The van der Waals surface area contributed by atoms with Gasteiger partial charge in [-0.1, -0.05) is 66.2 Å². The Balaban J connectivity index is 1.63. The Kier molecular flexibility index (Phi) is 5.06. The number of hydrogen-bond donors (Lipinski definition) is 0. The summed E-state index contributed by atoms with van der Waals surface area (Å²) < 4.78 is 3.18. The molecular weight excluding hydrogens is 384 g/mol. The predicted molar refractivity (Wildman–Crippen MR) is 125 cm³/mol. The SMILES string of the molecule is Cc1ccc(Cn2c(=O)n(CCc3ccccc3)c(=O)c3ccc(C4CC4)cc32)cc1. The lowest BCUT2D eigenvalue weighted by atomic mass is 10.1. The third-order valence-electron chi connectivity index (χ3n) is 6.23. The van der Waals surface area contributed by atoms with Crippen LogP contribution in [0.5, 0.6) is 0 Å². The van der Waals surface area contributed by atoms with E-state index < -0.39 is 0 Å². The van der Waals surface area contributed by atoms with Crippen molar-refractivity contribution in [1.82, 2.24) is 9.13 Å². The molecule has 4 aromatic rings. The topological polar surface area (TPSA) is 44.0 Å². The second kappa shape index (κ2) is 8.03. The van der Waals surface area contributed by atoms with Crippen LogP contribution in [0, 0.1) is 6.92 Å². The molecule has 31 heavy (non-hydrogen) atoms. The lowest BCUT2D eigenvalue weighted by Gasteiger charge is -2.15. The molecule has 1 aromatic heterocycles. The van der Waals surface area contributed by atoms with Gasteiger partial charge < -0.3 is 0 Å². The Bertz CT molecular complexity index is 1340. The number of benzene rings is 3. The standard InChI is InChI=1S/C27H26N2O2/c1-19-7-9-21(10-8-19)18-29-25-17-23(22-11-12-22)13-14-24(25)26(30)28(27(29)31)16-15-20-5-3-2-4-6-20/h2-10,13-14,17,22H,11-12,15-16,18H2,1H3.